The summed E-state index contributed by atoms with van der Waals surface area (Å²) < 4.78 is 7.17. The van der Waals surface area contributed by atoms with Gasteiger partial charge in [0.15, 0.2) is 0 Å². The highest BCUT2D eigenvalue weighted by Gasteiger charge is 2.12. The third-order valence-corrected chi connectivity index (χ3v) is 2.47. The van der Waals surface area contributed by atoms with Gasteiger partial charge in [-0.3, -0.25) is 4.68 Å². The normalized spacial score (nSPS) is 10.9. The second-order valence-corrected chi connectivity index (χ2v) is 3.61. The Hall–Kier alpha value is -1.26. The second-order valence-electron chi connectivity index (χ2n) is 3.20. The zero-order chi connectivity index (χ0) is 10.8. The van der Waals surface area contributed by atoms with Crippen LogP contribution in [-0.4, -0.2) is 22.9 Å². The minimum absolute atomic E-state index is 0.442. The fourth-order valence-electron chi connectivity index (χ4n) is 1.49. The first kappa shape index (κ1) is 10.3. The van der Waals surface area contributed by atoms with Crippen LogP contribution in [0.5, 0.6) is 5.88 Å². The maximum atomic E-state index is 6.09. The van der Waals surface area contributed by atoms with E-state index >= 15 is 0 Å². The first-order chi connectivity index (χ1) is 7.24. The molecule has 2 aromatic rings. The fourth-order valence-corrected chi connectivity index (χ4v) is 1.74. The van der Waals surface area contributed by atoms with Crippen molar-refractivity contribution < 1.29 is 4.74 Å². The minimum atomic E-state index is 0.442. The van der Waals surface area contributed by atoms with Crippen LogP contribution in [0.3, 0.4) is 0 Å². The first-order valence-electron chi connectivity index (χ1n) is 4.68. The average molecular weight is 226 g/mol. The number of halogens is 1. The van der Waals surface area contributed by atoms with Crippen molar-refractivity contribution in [3.05, 3.63) is 23.2 Å². The summed E-state index contributed by atoms with van der Waals surface area (Å²) in [6, 6.07) is 5.66. The van der Waals surface area contributed by atoms with E-state index in [4.69, 9.17) is 22.1 Å². The lowest BCUT2D eigenvalue weighted by Crippen LogP contribution is -2.11. The molecule has 0 aliphatic carbocycles. The summed E-state index contributed by atoms with van der Waals surface area (Å²) in [6.07, 6.45) is 0. The number of nitrogens with zero attached hydrogens (tertiary/aromatic N) is 2. The van der Waals surface area contributed by atoms with E-state index < -0.39 is 0 Å². The van der Waals surface area contributed by atoms with Gasteiger partial charge in [0.2, 0.25) is 5.88 Å². The number of aryl methyl sites for hydroxylation is 1. The second kappa shape index (κ2) is 4.08. The lowest BCUT2D eigenvalue weighted by atomic mass is 10.2. The van der Waals surface area contributed by atoms with Crippen molar-refractivity contribution in [2.24, 2.45) is 12.8 Å². The van der Waals surface area contributed by atoms with Crippen LogP contribution >= 0.6 is 11.6 Å². The highest BCUT2D eigenvalue weighted by Crippen LogP contribution is 2.30. The molecule has 0 aliphatic heterocycles. The highest BCUT2D eigenvalue weighted by molar-refractivity contribution is 6.35. The Labute approximate surface area is 92.6 Å². The van der Waals surface area contributed by atoms with E-state index in [0.717, 1.165) is 10.9 Å². The molecule has 0 amide bonds. The number of fused-ring (bicyclic) bond motifs is 1. The number of aromatic nitrogens is 2. The summed E-state index contributed by atoms with van der Waals surface area (Å²) >= 11 is 6.09. The van der Waals surface area contributed by atoms with Gasteiger partial charge in [0, 0.05) is 13.6 Å². The molecule has 0 saturated carbocycles. The molecular formula is C10H12ClN3O. The van der Waals surface area contributed by atoms with E-state index in [1.807, 2.05) is 25.2 Å². The third kappa shape index (κ3) is 1.78. The van der Waals surface area contributed by atoms with Crippen LogP contribution in [0.4, 0.5) is 0 Å². The van der Waals surface area contributed by atoms with Gasteiger partial charge in [-0.1, -0.05) is 17.7 Å². The van der Waals surface area contributed by atoms with E-state index in [9.17, 15) is 0 Å². The van der Waals surface area contributed by atoms with Gasteiger partial charge < -0.3 is 10.5 Å². The van der Waals surface area contributed by atoms with Gasteiger partial charge in [-0.25, -0.2) is 0 Å². The van der Waals surface area contributed by atoms with Gasteiger partial charge >= 0.3 is 0 Å². The molecule has 2 rings (SSSR count). The molecule has 1 heterocycles. The molecule has 4 nitrogen and oxygen atoms in total. The van der Waals surface area contributed by atoms with Gasteiger partial charge in [0.05, 0.1) is 15.9 Å². The van der Waals surface area contributed by atoms with Crippen LogP contribution < -0.4 is 10.5 Å². The Morgan fingerprint density at radius 2 is 2.33 bits per heavy atom. The fraction of sp³-hybridized carbons (Fsp3) is 0.300. The monoisotopic (exact) mass is 225 g/mol. The van der Waals surface area contributed by atoms with Gasteiger partial charge in [-0.05, 0) is 12.1 Å². The van der Waals surface area contributed by atoms with Crippen molar-refractivity contribution in [2.45, 2.75) is 0 Å². The van der Waals surface area contributed by atoms with E-state index in [0.29, 0.717) is 24.1 Å². The van der Waals surface area contributed by atoms with Gasteiger partial charge in [-0.2, -0.15) is 0 Å². The topological polar surface area (TPSA) is 53.1 Å². The molecule has 0 aliphatic rings. The molecule has 0 fully saturated rings. The van der Waals surface area contributed by atoms with Crippen LogP contribution in [0.1, 0.15) is 0 Å². The predicted octanol–water partition coefficient (Wildman–Crippen LogP) is 1.56. The minimum Gasteiger partial charge on any atom is -0.475 e. The van der Waals surface area contributed by atoms with E-state index in [-0.39, 0.29) is 0 Å². The van der Waals surface area contributed by atoms with Crippen molar-refractivity contribution in [3.8, 4) is 5.88 Å². The third-order valence-electron chi connectivity index (χ3n) is 2.15. The lowest BCUT2D eigenvalue weighted by molar-refractivity contribution is 0.315. The number of ether oxygens (including phenoxy) is 1. The molecule has 0 spiro atoms. The van der Waals surface area contributed by atoms with E-state index in [2.05, 4.69) is 5.10 Å². The van der Waals surface area contributed by atoms with Crippen molar-refractivity contribution in [1.29, 1.82) is 0 Å². The first-order valence-corrected chi connectivity index (χ1v) is 5.06. The molecule has 1 aromatic heterocycles. The molecule has 5 heteroatoms. The summed E-state index contributed by atoms with van der Waals surface area (Å²) in [5.74, 6) is 0.545. The Morgan fingerprint density at radius 1 is 1.53 bits per heavy atom. The predicted molar refractivity (Wildman–Crippen MR) is 60.3 cm³/mol. The van der Waals surface area contributed by atoms with Crippen molar-refractivity contribution in [2.75, 3.05) is 13.2 Å². The smallest absolute Gasteiger partial charge is 0.242 e. The maximum absolute atomic E-state index is 6.09. The largest absolute Gasteiger partial charge is 0.475 e. The van der Waals surface area contributed by atoms with Gasteiger partial charge in [0.25, 0.3) is 0 Å². The van der Waals surface area contributed by atoms with Crippen LogP contribution in [-0.2, 0) is 7.05 Å². The summed E-state index contributed by atoms with van der Waals surface area (Å²) in [5, 5.41) is 5.73. The average Bonchev–Trinajstić information content (AvgIpc) is 2.55. The Morgan fingerprint density at radius 3 is 3.07 bits per heavy atom. The molecule has 0 saturated heterocycles. The van der Waals surface area contributed by atoms with E-state index in [1.165, 1.54) is 0 Å². The Bertz CT molecular complexity index is 481. The Balaban J connectivity index is 2.54. The number of hydrogen-bond donors (Lipinski definition) is 1. The van der Waals surface area contributed by atoms with Crippen molar-refractivity contribution in [3.63, 3.8) is 0 Å². The van der Waals surface area contributed by atoms with Crippen LogP contribution in [0.25, 0.3) is 10.9 Å². The Kier molecular flexibility index (Phi) is 2.79. The quantitative estimate of drug-likeness (QED) is 0.863. The summed E-state index contributed by atoms with van der Waals surface area (Å²) in [5.41, 5.74) is 6.33. The van der Waals surface area contributed by atoms with E-state index in [1.54, 1.807) is 4.68 Å². The molecule has 0 unspecified atom stereocenters. The number of nitrogens with two attached hydrogens (primary N) is 1. The molecule has 0 atom stereocenters. The van der Waals surface area contributed by atoms with Crippen LogP contribution in [0.2, 0.25) is 5.02 Å². The molecule has 80 valence electrons. The summed E-state index contributed by atoms with van der Waals surface area (Å²) in [7, 11) is 1.86. The number of hydrogen-bond acceptors (Lipinski definition) is 3. The molecular weight excluding hydrogens is 214 g/mol. The van der Waals surface area contributed by atoms with Gasteiger partial charge in [0.1, 0.15) is 6.61 Å². The highest BCUT2D eigenvalue weighted by atomic mass is 35.5. The number of benzene rings is 1. The molecule has 1 aromatic carbocycles. The molecule has 0 bridgehead atoms. The molecule has 0 radical (unpaired) electrons. The molecule has 15 heavy (non-hydrogen) atoms. The van der Waals surface area contributed by atoms with Crippen LogP contribution in [0.15, 0.2) is 18.2 Å². The van der Waals surface area contributed by atoms with Crippen LogP contribution in [0, 0.1) is 0 Å². The summed E-state index contributed by atoms with van der Waals surface area (Å²) in [4.78, 5) is 0. The standard InChI is InChI=1S/C10H12ClN3O/c1-14-8-4-2-3-7(11)9(8)10(13-14)15-6-5-12/h2-4H,5-6,12H2,1H3. The van der Waals surface area contributed by atoms with Crippen molar-refractivity contribution in [1.82, 2.24) is 9.78 Å². The zero-order valence-corrected chi connectivity index (χ0v) is 9.16. The SMILES string of the molecule is Cn1nc(OCCN)c2c(Cl)cccc21. The number of rotatable bonds is 3. The van der Waals surface area contributed by atoms with Gasteiger partial charge in [-0.15, -0.1) is 5.10 Å². The summed E-state index contributed by atoms with van der Waals surface area (Å²) in [6.45, 7) is 0.903. The van der Waals surface area contributed by atoms with Crippen molar-refractivity contribution >= 4 is 22.5 Å². The molecule has 2 N–H and O–H groups in total. The zero-order valence-electron chi connectivity index (χ0n) is 8.40. The lowest BCUT2D eigenvalue weighted by Gasteiger charge is -2.00. The maximum Gasteiger partial charge on any atom is 0.242 e.